The van der Waals surface area contributed by atoms with Crippen molar-refractivity contribution < 1.29 is 4.79 Å². The van der Waals surface area contributed by atoms with Gasteiger partial charge in [-0.2, -0.15) is 0 Å². The van der Waals surface area contributed by atoms with Gasteiger partial charge < -0.3 is 11.1 Å². The summed E-state index contributed by atoms with van der Waals surface area (Å²) in [4.78, 5) is 14.8. The molecule has 0 spiro atoms. The van der Waals surface area contributed by atoms with Crippen LogP contribution in [0, 0.1) is 5.41 Å². The van der Waals surface area contributed by atoms with E-state index in [1.54, 1.807) is 0 Å². The van der Waals surface area contributed by atoms with Crippen LogP contribution in [0.15, 0.2) is 30.3 Å². The topological polar surface area (TPSA) is 58.4 Å². The normalized spacial score (nSPS) is 26.3. The third-order valence-electron chi connectivity index (χ3n) is 5.67. The minimum absolute atomic E-state index is 0.0755. The summed E-state index contributed by atoms with van der Waals surface area (Å²) in [5.74, 6) is 0.139. The molecule has 126 valence electrons. The minimum Gasteiger partial charge on any atom is -0.345 e. The lowest BCUT2D eigenvalue weighted by Crippen LogP contribution is -2.57. The predicted molar refractivity (Wildman–Crippen MR) is 92.9 cm³/mol. The number of hydrogen-bond donors (Lipinski definition) is 2. The summed E-state index contributed by atoms with van der Waals surface area (Å²) in [6.45, 7) is 6.67. The smallest absolute Gasteiger partial charge is 0.234 e. The Morgan fingerprint density at radius 1 is 1.30 bits per heavy atom. The Morgan fingerprint density at radius 3 is 2.57 bits per heavy atom. The van der Waals surface area contributed by atoms with Crippen LogP contribution in [0.5, 0.6) is 0 Å². The molecule has 23 heavy (non-hydrogen) atoms. The first-order chi connectivity index (χ1) is 10.9. The van der Waals surface area contributed by atoms with Crippen LogP contribution in [-0.4, -0.2) is 36.5 Å². The highest BCUT2D eigenvalue weighted by atomic mass is 16.2. The molecule has 1 saturated carbocycles. The molecule has 1 heterocycles. The fourth-order valence-electron chi connectivity index (χ4n) is 3.90. The molecule has 1 aliphatic carbocycles. The second-order valence-corrected chi connectivity index (χ2v) is 7.94. The molecule has 4 heteroatoms. The Bertz CT molecular complexity index is 551. The van der Waals surface area contributed by atoms with Gasteiger partial charge in [0.15, 0.2) is 0 Å². The molecule has 2 aliphatic rings. The summed E-state index contributed by atoms with van der Waals surface area (Å²) in [5, 5.41) is 3.32. The van der Waals surface area contributed by atoms with Crippen molar-refractivity contribution in [3.8, 4) is 0 Å². The van der Waals surface area contributed by atoms with Crippen molar-refractivity contribution in [3.05, 3.63) is 35.9 Å². The Labute approximate surface area is 139 Å². The van der Waals surface area contributed by atoms with Gasteiger partial charge in [0.1, 0.15) is 0 Å². The summed E-state index contributed by atoms with van der Waals surface area (Å²) < 4.78 is 0. The zero-order chi connectivity index (χ0) is 16.5. The summed E-state index contributed by atoms with van der Waals surface area (Å²) in [5.41, 5.74) is 7.36. The van der Waals surface area contributed by atoms with Crippen molar-refractivity contribution in [3.63, 3.8) is 0 Å². The molecule has 4 nitrogen and oxygen atoms in total. The van der Waals surface area contributed by atoms with E-state index in [1.807, 2.05) is 6.07 Å². The van der Waals surface area contributed by atoms with Gasteiger partial charge in [-0.1, -0.05) is 44.2 Å². The van der Waals surface area contributed by atoms with Gasteiger partial charge in [-0.3, -0.25) is 9.69 Å². The number of rotatable bonds is 4. The first kappa shape index (κ1) is 16.5. The summed E-state index contributed by atoms with van der Waals surface area (Å²) >= 11 is 0. The van der Waals surface area contributed by atoms with Crippen LogP contribution in [0.2, 0.25) is 0 Å². The van der Waals surface area contributed by atoms with E-state index in [9.17, 15) is 4.79 Å². The van der Waals surface area contributed by atoms with E-state index in [1.165, 1.54) is 12.0 Å². The molecular formula is C19H29N3O. The lowest BCUT2D eigenvalue weighted by Gasteiger charge is -2.45. The first-order valence-corrected chi connectivity index (χ1v) is 8.76. The van der Waals surface area contributed by atoms with Crippen molar-refractivity contribution in [2.75, 3.05) is 19.6 Å². The second kappa shape index (κ2) is 6.25. The lowest BCUT2D eigenvalue weighted by atomic mass is 9.71. The molecule has 0 radical (unpaired) electrons. The fourth-order valence-corrected chi connectivity index (χ4v) is 3.90. The van der Waals surface area contributed by atoms with Gasteiger partial charge in [0.2, 0.25) is 5.91 Å². The van der Waals surface area contributed by atoms with E-state index in [0.29, 0.717) is 6.54 Å². The molecule has 1 atom stereocenters. The van der Waals surface area contributed by atoms with Gasteiger partial charge in [0, 0.05) is 19.1 Å². The fraction of sp³-hybridized carbons (Fsp3) is 0.632. The van der Waals surface area contributed by atoms with E-state index >= 15 is 0 Å². The number of carbonyl (C=O) groups excluding carboxylic acids is 1. The van der Waals surface area contributed by atoms with Crippen molar-refractivity contribution >= 4 is 5.91 Å². The van der Waals surface area contributed by atoms with Crippen LogP contribution in [-0.2, 0) is 10.3 Å². The molecule has 0 bridgehead atoms. The van der Waals surface area contributed by atoms with Gasteiger partial charge in [-0.25, -0.2) is 0 Å². The van der Waals surface area contributed by atoms with E-state index in [-0.39, 0.29) is 22.9 Å². The standard InChI is InChI=1S/C19H29N3O/c1-18(2)14-22(12-9-16(18)20)13-17(23)21-19(10-6-11-19)15-7-4-3-5-8-15/h3-5,7-8,16H,6,9-14,20H2,1-2H3,(H,21,23). The summed E-state index contributed by atoms with van der Waals surface area (Å²) in [7, 11) is 0. The zero-order valence-electron chi connectivity index (χ0n) is 14.3. The van der Waals surface area contributed by atoms with Gasteiger partial charge in [-0.15, -0.1) is 0 Å². The second-order valence-electron chi connectivity index (χ2n) is 7.94. The number of likely N-dealkylation sites (tertiary alicyclic amines) is 1. The van der Waals surface area contributed by atoms with Crippen molar-refractivity contribution in [1.82, 2.24) is 10.2 Å². The molecular weight excluding hydrogens is 286 g/mol. The van der Waals surface area contributed by atoms with Crippen LogP contribution < -0.4 is 11.1 Å². The molecule has 1 aromatic carbocycles. The number of nitrogens with zero attached hydrogens (tertiary/aromatic N) is 1. The number of hydrogen-bond acceptors (Lipinski definition) is 3. The van der Waals surface area contributed by atoms with E-state index in [0.717, 1.165) is 32.4 Å². The number of carbonyl (C=O) groups is 1. The largest absolute Gasteiger partial charge is 0.345 e. The quantitative estimate of drug-likeness (QED) is 0.896. The van der Waals surface area contributed by atoms with Crippen LogP contribution in [0.25, 0.3) is 0 Å². The van der Waals surface area contributed by atoms with Crippen molar-refractivity contribution in [2.24, 2.45) is 11.1 Å². The molecule has 1 aromatic rings. The molecule has 3 N–H and O–H groups in total. The lowest BCUT2D eigenvalue weighted by molar-refractivity contribution is -0.126. The van der Waals surface area contributed by atoms with Gasteiger partial charge in [0.05, 0.1) is 12.1 Å². The maximum Gasteiger partial charge on any atom is 0.234 e. The van der Waals surface area contributed by atoms with E-state index in [2.05, 4.69) is 48.3 Å². The molecule has 3 rings (SSSR count). The Hall–Kier alpha value is -1.39. The van der Waals surface area contributed by atoms with Gasteiger partial charge >= 0.3 is 0 Å². The van der Waals surface area contributed by atoms with Crippen LogP contribution >= 0.6 is 0 Å². The Morgan fingerprint density at radius 2 is 2.00 bits per heavy atom. The number of nitrogens with two attached hydrogens (primary N) is 1. The van der Waals surface area contributed by atoms with Crippen LogP contribution in [0.4, 0.5) is 0 Å². The average Bonchev–Trinajstić information content (AvgIpc) is 2.47. The summed E-state index contributed by atoms with van der Waals surface area (Å²) in [6.07, 6.45) is 4.23. The Kier molecular flexibility index (Phi) is 4.47. The summed E-state index contributed by atoms with van der Waals surface area (Å²) in [6, 6.07) is 10.6. The SMILES string of the molecule is CC1(C)CN(CC(=O)NC2(c3ccccc3)CCC2)CCC1N. The third kappa shape index (κ3) is 3.43. The molecule has 1 saturated heterocycles. The average molecular weight is 315 g/mol. The zero-order valence-corrected chi connectivity index (χ0v) is 14.3. The maximum absolute atomic E-state index is 12.6. The van der Waals surface area contributed by atoms with Crippen molar-refractivity contribution in [1.29, 1.82) is 0 Å². The van der Waals surface area contributed by atoms with Gasteiger partial charge in [-0.05, 0) is 36.7 Å². The highest BCUT2D eigenvalue weighted by molar-refractivity contribution is 5.79. The minimum atomic E-state index is -0.139. The van der Waals surface area contributed by atoms with Gasteiger partial charge in [0.25, 0.3) is 0 Å². The predicted octanol–water partition coefficient (Wildman–Crippen LogP) is 2.24. The number of benzene rings is 1. The first-order valence-electron chi connectivity index (χ1n) is 8.76. The molecule has 0 aromatic heterocycles. The third-order valence-corrected chi connectivity index (χ3v) is 5.67. The molecule has 2 fully saturated rings. The molecule has 1 aliphatic heterocycles. The molecule has 1 amide bonds. The number of piperidine rings is 1. The number of nitrogens with one attached hydrogen (secondary N) is 1. The van der Waals surface area contributed by atoms with Crippen molar-refractivity contribution in [2.45, 2.75) is 51.1 Å². The highest BCUT2D eigenvalue weighted by Crippen LogP contribution is 2.41. The molecule has 1 unspecified atom stereocenters. The maximum atomic E-state index is 12.6. The van der Waals surface area contributed by atoms with Crippen LogP contribution in [0.1, 0.15) is 45.1 Å². The van der Waals surface area contributed by atoms with Crippen LogP contribution in [0.3, 0.4) is 0 Å². The highest BCUT2D eigenvalue weighted by Gasteiger charge is 2.40. The number of amides is 1. The van der Waals surface area contributed by atoms with E-state index in [4.69, 9.17) is 5.73 Å². The Balaban J connectivity index is 1.61. The van der Waals surface area contributed by atoms with E-state index < -0.39 is 0 Å². The monoisotopic (exact) mass is 315 g/mol.